The van der Waals surface area contributed by atoms with E-state index in [9.17, 15) is 23.1 Å². The number of carbonyl (C=O) groups excluding carboxylic acids is 1. The van der Waals surface area contributed by atoms with Gasteiger partial charge in [0, 0.05) is 0 Å². The minimum absolute atomic E-state index is 0. The van der Waals surface area contributed by atoms with Crippen LogP contribution in [0.3, 0.4) is 0 Å². The fourth-order valence-electron chi connectivity index (χ4n) is 2.24. The van der Waals surface area contributed by atoms with Crippen molar-refractivity contribution >= 4 is 30.0 Å². The molecule has 5 N–H and O–H groups in total. The van der Waals surface area contributed by atoms with Crippen molar-refractivity contribution in [3.05, 3.63) is 40.5 Å². The van der Waals surface area contributed by atoms with E-state index in [1.165, 1.54) is 25.2 Å². The number of amides is 2. The number of halogens is 3. The van der Waals surface area contributed by atoms with Crippen LogP contribution in [0.4, 0.5) is 18.0 Å². The standard InChI is InChI=1S/C11H13F3N2O.C6H9NO2S2.K/c1-7(6-11(12,13)14)9(16-10(15)17)8-4-2-3-5-8;1-6(9,3-8)5-7-2-4(10)11-5;/h6H,2-4H2,1H3,(H3,15,16,17);2,8-10H,3H2,1H3;/q-2;;+1/b9-7+;;. The minimum atomic E-state index is -4.42. The zero-order valence-corrected chi connectivity index (χ0v) is 21.1. The number of aliphatic hydroxyl groups excluding tert-OH is 1. The molecule has 12 heteroatoms. The van der Waals surface area contributed by atoms with E-state index >= 15 is 0 Å². The molecule has 0 spiro atoms. The minimum Gasteiger partial charge on any atom is -0.393 e. The molecule has 1 aromatic heterocycles. The number of urea groups is 1. The number of thiazole rings is 1. The maximum absolute atomic E-state index is 12.2. The third-order valence-electron chi connectivity index (χ3n) is 3.53. The number of thiol groups is 1. The number of carbonyl (C=O) groups is 1. The molecule has 158 valence electrons. The number of hydrogen-bond donors (Lipinski definition) is 5. The summed E-state index contributed by atoms with van der Waals surface area (Å²) in [5, 5.41) is 20.9. The van der Waals surface area contributed by atoms with Crippen LogP contribution >= 0.6 is 24.0 Å². The Morgan fingerprint density at radius 3 is 2.52 bits per heavy atom. The van der Waals surface area contributed by atoms with Crippen molar-refractivity contribution in [2.45, 2.75) is 49.1 Å². The first kappa shape index (κ1) is 28.9. The van der Waals surface area contributed by atoms with E-state index in [1.807, 2.05) is 0 Å². The molecule has 0 aliphatic heterocycles. The van der Waals surface area contributed by atoms with Gasteiger partial charge in [0.25, 0.3) is 6.03 Å². The van der Waals surface area contributed by atoms with Crippen molar-refractivity contribution in [2.75, 3.05) is 6.61 Å². The Balaban J connectivity index is 0.000000568. The second kappa shape index (κ2) is 12.7. The normalized spacial score (nSPS) is 16.3. The van der Waals surface area contributed by atoms with E-state index in [-0.39, 0.29) is 75.7 Å². The first-order chi connectivity index (χ1) is 12.9. The molecular formula is C17H22F3KN3O3S2-. The number of nitrogens with two attached hydrogens (primary N) is 1. The predicted molar refractivity (Wildman–Crippen MR) is 102 cm³/mol. The SMILES string of the molecule is C/C([CH-]C(F)(F)F)=C(\NC(N)=O)C1=[C-]CCC1.CC(O)(CO)c1ncc(S)s1.[K+]. The van der Waals surface area contributed by atoms with Crippen LogP contribution in [0.25, 0.3) is 0 Å². The van der Waals surface area contributed by atoms with Crippen LogP contribution in [0.5, 0.6) is 0 Å². The maximum atomic E-state index is 12.2. The third kappa shape index (κ3) is 10.7. The summed E-state index contributed by atoms with van der Waals surface area (Å²) < 4.78 is 37.4. The summed E-state index contributed by atoms with van der Waals surface area (Å²) in [6, 6.07) is -0.879. The van der Waals surface area contributed by atoms with Gasteiger partial charge in [-0.15, -0.1) is 42.5 Å². The van der Waals surface area contributed by atoms with Crippen molar-refractivity contribution in [1.29, 1.82) is 0 Å². The molecule has 0 radical (unpaired) electrons. The molecule has 1 heterocycles. The Bertz CT molecular complexity index is 750. The van der Waals surface area contributed by atoms with E-state index in [1.54, 1.807) is 6.20 Å². The predicted octanol–water partition coefficient (Wildman–Crippen LogP) is 0.244. The number of primary amides is 1. The van der Waals surface area contributed by atoms with E-state index in [0.717, 1.165) is 10.6 Å². The molecule has 1 aliphatic rings. The number of allylic oxidation sites excluding steroid dienone is 3. The first-order valence-corrected chi connectivity index (χ1v) is 9.40. The molecule has 0 fully saturated rings. The van der Waals surface area contributed by atoms with Gasteiger partial charge in [0.05, 0.1) is 17.0 Å². The largest absolute Gasteiger partial charge is 1.00 e. The van der Waals surface area contributed by atoms with E-state index in [4.69, 9.17) is 10.8 Å². The second-order valence-electron chi connectivity index (χ2n) is 6.18. The quantitative estimate of drug-likeness (QED) is 0.238. The molecule has 0 aromatic carbocycles. The van der Waals surface area contributed by atoms with Crippen molar-refractivity contribution in [3.63, 3.8) is 0 Å². The van der Waals surface area contributed by atoms with Gasteiger partial charge in [-0.25, -0.2) is 10.6 Å². The van der Waals surface area contributed by atoms with Crippen LogP contribution in [0.1, 0.15) is 38.1 Å². The van der Waals surface area contributed by atoms with E-state index in [0.29, 0.717) is 23.4 Å². The summed E-state index contributed by atoms with van der Waals surface area (Å²) >= 11 is 5.30. The van der Waals surface area contributed by atoms with Crippen molar-refractivity contribution in [1.82, 2.24) is 10.3 Å². The van der Waals surface area contributed by atoms with E-state index in [2.05, 4.69) is 29.0 Å². The molecule has 0 bridgehead atoms. The van der Waals surface area contributed by atoms with Crippen molar-refractivity contribution in [3.8, 4) is 0 Å². The third-order valence-corrected chi connectivity index (χ3v) is 4.97. The summed E-state index contributed by atoms with van der Waals surface area (Å²) in [4.78, 5) is 14.7. The van der Waals surface area contributed by atoms with Crippen LogP contribution in [-0.2, 0) is 5.60 Å². The average molecular weight is 477 g/mol. The fourth-order valence-corrected chi connectivity index (χ4v) is 3.25. The number of hydrogen-bond acceptors (Lipinski definition) is 6. The second-order valence-corrected chi connectivity index (χ2v) is 7.99. The van der Waals surface area contributed by atoms with Crippen LogP contribution in [0.2, 0.25) is 0 Å². The molecule has 2 rings (SSSR count). The number of aliphatic hydroxyl groups is 2. The molecule has 6 nitrogen and oxygen atoms in total. The molecule has 29 heavy (non-hydrogen) atoms. The monoisotopic (exact) mass is 476 g/mol. The summed E-state index contributed by atoms with van der Waals surface area (Å²) in [5.74, 6) is 0. The number of nitrogens with zero attached hydrogens (tertiary/aromatic N) is 1. The van der Waals surface area contributed by atoms with Gasteiger partial charge in [0.15, 0.2) is 0 Å². The Kier molecular flexibility index (Phi) is 12.7. The zero-order chi connectivity index (χ0) is 21.5. The molecule has 1 aliphatic carbocycles. The molecule has 1 unspecified atom stereocenters. The Morgan fingerprint density at radius 1 is 1.52 bits per heavy atom. The van der Waals surface area contributed by atoms with Gasteiger partial charge < -0.3 is 21.3 Å². The zero-order valence-electron chi connectivity index (χ0n) is 16.3. The topological polar surface area (TPSA) is 108 Å². The number of alkyl halides is 3. The Labute approximate surface area is 219 Å². The van der Waals surface area contributed by atoms with Crippen LogP contribution < -0.4 is 62.4 Å². The van der Waals surface area contributed by atoms with Gasteiger partial charge >= 0.3 is 57.6 Å². The summed E-state index contributed by atoms with van der Waals surface area (Å²) in [6.07, 6.45) is 2.29. The number of rotatable bonds is 5. The van der Waals surface area contributed by atoms with Crippen LogP contribution in [-0.4, -0.2) is 34.0 Å². The first-order valence-electron chi connectivity index (χ1n) is 8.14. The average Bonchev–Trinajstić information content (AvgIpc) is 3.23. The maximum Gasteiger partial charge on any atom is 1.00 e. The summed E-state index contributed by atoms with van der Waals surface area (Å²) in [6.45, 7) is 2.47. The fraction of sp³-hybridized carbons (Fsp3) is 0.471. The van der Waals surface area contributed by atoms with Crippen LogP contribution in [0, 0.1) is 12.5 Å². The van der Waals surface area contributed by atoms with Gasteiger partial charge in [-0.3, -0.25) is 10.9 Å². The smallest absolute Gasteiger partial charge is 0.393 e. The number of aromatic nitrogens is 1. The Hall–Kier alpha value is -0.0536. The van der Waals surface area contributed by atoms with E-state index < -0.39 is 17.8 Å². The molecule has 0 saturated heterocycles. The molecule has 2 amide bonds. The van der Waals surface area contributed by atoms with Crippen LogP contribution in [0.15, 0.2) is 27.2 Å². The number of nitrogens with one attached hydrogen (secondary N) is 1. The molecular weight excluding hydrogens is 454 g/mol. The summed E-state index contributed by atoms with van der Waals surface area (Å²) in [7, 11) is 0. The van der Waals surface area contributed by atoms with Crippen molar-refractivity contribution in [2.24, 2.45) is 5.73 Å². The Morgan fingerprint density at radius 2 is 2.14 bits per heavy atom. The summed E-state index contributed by atoms with van der Waals surface area (Å²) in [5.41, 5.74) is 4.35. The van der Waals surface area contributed by atoms with Gasteiger partial charge in [0.1, 0.15) is 10.6 Å². The van der Waals surface area contributed by atoms with Gasteiger partial charge in [-0.05, 0) is 6.92 Å². The van der Waals surface area contributed by atoms with Gasteiger partial charge in [0.2, 0.25) is 0 Å². The molecule has 0 saturated carbocycles. The van der Waals surface area contributed by atoms with Gasteiger partial charge in [-0.1, -0.05) is 19.8 Å². The molecule has 1 atom stereocenters. The molecule has 1 aromatic rings. The van der Waals surface area contributed by atoms with Gasteiger partial charge in [-0.2, -0.15) is 18.7 Å². The van der Waals surface area contributed by atoms with Crippen molar-refractivity contribution < 1.29 is 79.6 Å².